The average Bonchev–Trinajstić information content (AvgIpc) is 3.45. The number of hydrogen-bond acceptors (Lipinski definition) is 6. The molecular formula is C24H19Cl2F6N7O3. The van der Waals surface area contributed by atoms with Crippen molar-refractivity contribution in [3.05, 3.63) is 80.7 Å². The van der Waals surface area contributed by atoms with Crippen LogP contribution in [-0.4, -0.2) is 58.6 Å². The minimum atomic E-state index is -5.19. The molecule has 10 nitrogen and oxygen atoms in total. The molecule has 0 aliphatic rings. The van der Waals surface area contributed by atoms with Crippen molar-refractivity contribution in [2.24, 2.45) is 0 Å². The molecule has 18 heteroatoms. The summed E-state index contributed by atoms with van der Waals surface area (Å²) >= 11 is 12.1. The molecule has 2 heterocycles. The average molecular weight is 638 g/mol. The van der Waals surface area contributed by atoms with Crippen LogP contribution in [-0.2, 0) is 17.9 Å². The number of aliphatic hydroxyl groups is 1. The van der Waals surface area contributed by atoms with E-state index in [0.717, 1.165) is 9.36 Å². The fourth-order valence-electron chi connectivity index (χ4n) is 3.79. The molecule has 2 N–H and O–H groups in total. The summed E-state index contributed by atoms with van der Waals surface area (Å²) in [7, 11) is 0. The van der Waals surface area contributed by atoms with Gasteiger partial charge in [0, 0.05) is 10.6 Å². The second-order valence-corrected chi connectivity index (χ2v) is 9.72. The minimum Gasteiger partial charge on any atom is -0.382 e. The predicted molar refractivity (Wildman–Crippen MR) is 137 cm³/mol. The smallest absolute Gasteiger partial charge is 0.382 e. The lowest BCUT2D eigenvalue weighted by Crippen LogP contribution is -2.39. The number of alkyl halides is 6. The van der Waals surface area contributed by atoms with Gasteiger partial charge < -0.3 is 10.4 Å². The summed E-state index contributed by atoms with van der Waals surface area (Å²) in [5, 5.41) is 20.2. The first-order valence-corrected chi connectivity index (χ1v) is 12.6. The number of hydrogen-bond donors (Lipinski definition) is 2. The first-order valence-electron chi connectivity index (χ1n) is 11.8. The Labute approximate surface area is 242 Å². The molecule has 0 radical (unpaired) electrons. The summed E-state index contributed by atoms with van der Waals surface area (Å²) in [5.74, 6) is -2.88. The van der Waals surface area contributed by atoms with E-state index in [9.17, 15) is 41.0 Å². The van der Waals surface area contributed by atoms with Crippen molar-refractivity contribution in [1.82, 2.24) is 34.4 Å². The summed E-state index contributed by atoms with van der Waals surface area (Å²) in [4.78, 5) is 28.9. The standard InChI is InChI=1S/C24H19Cl2F6N7O3/c1-12(33-21(41)24(30,31)32)19-34-18(35-39(19)16-5-3-2-4-15(16)26)11-38-22(42)37(10-17(40)23(27,28)29)20(36-38)13-6-8-14(25)9-7-13/h2-9,12,17,40H,10-11H2,1H3,(H,33,41). The summed E-state index contributed by atoms with van der Waals surface area (Å²) in [5.41, 5.74) is -0.699. The zero-order chi connectivity index (χ0) is 31.0. The van der Waals surface area contributed by atoms with Crippen LogP contribution < -0.4 is 11.0 Å². The number of aromatic nitrogens is 6. The molecule has 0 aliphatic carbocycles. The number of halogens is 8. The number of benzene rings is 2. The Morgan fingerprint density at radius 1 is 1.02 bits per heavy atom. The van der Waals surface area contributed by atoms with Gasteiger partial charge in [-0.15, -0.1) is 10.2 Å². The Balaban J connectivity index is 1.78. The van der Waals surface area contributed by atoms with Crippen LogP contribution in [0.25, 0.3) is 17.1 Å². The van der Waals surface area contributed by atoms with Crippen LogP contribution in [0.3, 0.4) is 0 Å². The van der Waals surface area contributed by atoms with Crippen molar-refractivity contribution in [1.29, 1.82) is 0 Å². The normalized spacial score (nSPS) is 13.7. The molecule has 2 aromatic carbocycles. The van der Waals surface area contributed by atoms with Gasteiger partial charge in [0.15, 0.2) is 23.6 Å². The summed E-state index contributed by atoms with van der Waals surface area (Å²) in [6.45, 7) is -0.532. The molecule has 0 saturated heterocycles. The van der Waals surface area contributed by atoms with Crippen molar-refractivity contribution < 1.29 is 36.2 Å². The summed E-state index contributed by atoms with van der Waals surface area (Å²) in [6, 6.07) is 10.4. The van der Waals surface area contributed by atoms with Crippen LogP contribution in [0.15, 0.2) is 53.3 Å². The van der Waals surface area contributed by atoms with Gasteiger partial charge in [-0.1, -0.05) is 35.3 Å². The molecule has 4 aromatic rings. The second-order valence-electron chi connectivity index (χ2n) is 8.88. The van der Waals surface area contributed by atoms with E-state index in [1.54, 1.807) is 17.4 Å². The van der Waals surface area contributed by atoms with Crippen LogP contribution >= 0.6 is 23.2 Å². The predicted octanol–water partition coefficient (Wildman–Crippen LogP) is 4.31. The molecule has 0 bridgehead atoms. The van der Waals surface area contributed by atoms with Crippen molar-refractivity contribution in [3.8, 4) is 17.1 Å². The van der Waals surface area contributed by atoms with Crippen LogP contribution in [0.2, 0.25) is 10.0 Å². The number of rotatable bonds is 8. The third-order valence-corrected chi connectivity index (χ3v) is 6.37. The third-order valence-electron chi connectivity index (χ3n) is 5.80. The van der Waals surface area contributed by atoms with Gasteiger partial charge in [-0.3, -0.25) is 9.36 Å². The SMILES string of the molecule is CC(NC(=O)C(F)(F)F)c1nc(Cn2nc(-c3ccc(Cl)cc3)n(CC(O)C(F)(F)F)c2=O)nn1-c1ccccc1Cl. The highest BCUT2D eigenvalue weighted by atomic mass is 35.5. The molecule has 2 unspecified atom stereocenters. The molecule has 1 amide bonds. The van der Waals surface area contributed by atoms with Gasteiger partial charge in [0.25, 0.3) is 0 Å². The van der Waals surface area contributed by atoms with Gasteiger partial charge >= 0.3 is 23.9 Å². The summed E-state index contributed by atoms with van der Waals surface area (Å²) < 4.78 is 80.5. The first-order chi connectivity index (χ1) is 19.6. The molecule has 0 saturated carbocycles. The molecular weight excluding hydrogens is 619 g/mol. The van der Waals surface area contributed by atoms with Crippen molar-refractivity contribution in [2.45, 2.75) is 44.5 Å². The summed E-state index contributed by atoms with van der Waals surface area (Å²) in [6.07, 6.45) is -13.1. The highest BCUT2D eigenvalue weighted by Gasteiger charge is 2.41. The van der Waals surface area contributed by atoms with E-state index in [4.69, 9.17) is 23.2 Å². The van der Waals surface area contributed by atoms with E-state index in [1.807, 2.05) is 0 Å². The fraction of sp³-hybridized carbons (Fsp3) is 0.292. The van der Waals surface area contributed by atoms with E-state index >= 15 is 0 Å². The van der Waals surface area contributed by atoms with Crippen LogP contribution in [0.1, 0.15) is 24.6 Å². The Hall–Kier alpha value is -3.89. The van der Waals surface area contributed by atoms with Gasteiger partial charge in [0.05, 0.1) is 23.3 Å². The van der Waals surface area contributed by atoms with Crippen molar-refractivity contribution >= 4 is 29.1 Å². The molecule has 0 fully saturated rings. The maximum absolute atomic E-state index is 13.2. The minimum absolute atomic E-state index is 0.122. The zero-order valence-corrected chi connectivity index (χ0v) is 22.7. The number of carbonyl (C=O) groups is 1. The molecule has 4 rings (SSSR count). The lowest BCUT2D eigenvalue weighted by Gasteiger charge is -2.16. The Kier molecular flexibility index (Phi) is 8.71. The topological polar surface area (TPSA) is 120 Å². The molecule has 42 heavy (non-hydrogen) atoms. The van der Waals surface area contributed by atoms with Gasteiger partial charge in [-0.05, 0) is 43.3 Å². The molecule has 2 aromatic heterocycles. The van der Waals surface area contributed by atoms with Crippen molar-refractivity contribution in [3.63, 3.8) is 0 Å². The van der Waals surface area contributed by atoms with Crippen LogP contribution in [0.5, 0.6) is 0 Å². The molecule has 2 atom stereocenters. The molecule has 224 valence electrons. The Morgan fingerprint density at radius 3 is 2.26 bits per heavy atom. The maximum atomic E-state index is 13.2. The van der Waals surface area contributed by atoms with E-state index < -0.39 is 49.2 Å². The van der Waals surface area contributed by atoms with Gasteiger partial charge in [0.1, 0.15) is 6.54 Å². The van der Waals surface area contributed by atoms with E-state index in [0.29, 0.717) is 9.59 Å². The van der Waals surface area contributed by atoms with Gasteiger partial charge in [0.2, 0.25) is 0 Å². The first kappa shape index (κ1) is 31.1. The highest BCUT2D eigenvalue weighted by Crippen LogP contribution is 2.26. The van der Waals surface area contributed by atoms with Crippen molar-refractivity contribution in [2.75, 3.05) is 0 Å². The molecule has 0 spiro atoms. The highest BCUT2D eigenvalue weighted by molar-refractivity contribution is 6.32. The van der Waals surface area contributed by atoms with Crippen LogP contribution in [0.4, 0.5) is 26.3 Å². The van der Waals surface area contributed by atoms with E-state index in [1.165, 1.54) is 43.3 Å². The second kappa shape index (κ2) is 11.8. The number of nitrogens with zero attached hydrogens (tertiary/aromatic N) is 6. The largest absolute Gasteiger partial charge is 0.471 e. The van der Waals surface area contributed by atoms with E-state index in [2.05, 4.69) is 15.2 Å². The lowest BCUT2D eigenvalue weighted by atomic mass is 10.2. The number of para-hydroxylation sites is 1. The molecule has 0 aliphatic heterocycles. The Bertz CT molecular complexity index is 1650. The quantitative estimate of drug-likeness (QED) is 0.278. The van der Waals surface area contributed by atoms with Crippen LogP contribution in [0, 0.1) is 0 Å². The lowest BCUT2D eigenvalue weighted by molar-refractivity contribution is -0.207. The number of amides is 1. The Morgan fingerprint density at radius 2 is 1.67 bits per heavy atom. The number of carbonyl (C=O) groups excluding carboxylic acids is 1. The fourth-order valence-corrected chi connectivity index (χ4v) is 4.13. The zero-order valence-electron chi connectivity index (χ0n) is 21.2. The number of aliphatic hydroxyl groups excluding tert-OH is 1. The maximum Gasteiger partial charge on any atom is 0.471 e. The van der Waals surface area contributed by atoms with Gasteiger partial charge in [-0.25, -0.2) is 19.1 Å². The third kappa shape index (κ3) is 6.77. The van der Waals surface area contributed by atoms with E-state index in [-0.39, 0.29) is 33.7 Å². The number of nitrogens with one attached hydrogen (secondary N) is 1. The monoisotopic (exact) mass is 637 g/mol. The van der Waals surface area contributed by atoms with Gasteiger partial charge in [-0.2, -0.15) is 26.3 Å².